The van der Waals surface area contributed by atoms with Crippen LogP contribution in [-0.2, 0) is 4.79 Å². The maximum atomic E-state index is 11.1. The highest BCUT2D eigenvalue weighted by molar-refractivity contribution is 6.94. The molecular weight excluding hydrogens is 228 g/mol. The third-order valence-corrected chi connectivity index (χ3v) is 5.72. The van der Waals surface area contributed by atoms with E-state index in [0.717, 1.165) is 6.29 Å². The van der Waals surface area contributed by atoms with Gasteiger partial charge in [0.25, 0.3) is 0 Å². The molecule has 0 unspecified atom stereocenters. The Morgan fingerprint density at radius 2 is 1.76 bits per heavy atom. The van der Waals surface area contributed by atoms with Gasteiger partial charge < -0.3 is 5.11 Å². The fraction of sp³-hybridized carbons (Fsp3) is 0.357. The molecule has 0 heterocycles. The third kappa shape index (κ3) is 3.65. The van der Waals surface area contributed by atoms with Crippen molar-refractivity contribution in [2.45, 2.75) is 32.5 Å². The molecule has 0 saturated carbocycles. The molecule has 0 amide bonds. The van der Waals surface area contributed by atoms with Crippen molar-refractivity contribution in [3.8, 4) is 0 Å². The van der Waals surface area contributed by atoms with Gasteiger partial charge in [0, 0.05) is 5.57 Å². The summed E-state index contributed by atoms with van der Waals surface area (Å²) in [6.07, 6.45) is 0.762. The number of carbonyl (C=O) groups is 1. The molecule has 0 aliphatic rings. The van der Waals surface area contributed by atoms with Crippen molar-refractivity contribution in [2.24, 2.45) is 0 Å². The standard InChI is InChI=1S/C14H20O2Si/c1-14(2,16)12(10-15)11-17(3,4)13-8-6-5-7-9-13/h5-11,16H,1-4H3/b12-11+. The Balaban J connectivity index is 3.15. The van der Waals surface area contributed by atoms with Crippen molar-refractivity contribution in [3.05, 3.63) is 41.6 Å². The van der Waals surface area contributed by atoms with Gasteiger partial charge in [-0.3, -0.25) is 4.79 Å². The number of aliphatic hydroxyl groups is 1. The van der Waals surface area contributed by atoms with Gasteiger partial charge in [0.2, 0.25) is 0 Å². The molecule has 0 bridgehead atoms. The normalized spacial score (nSPS) is 13.6. The summed E-state index contributed by atoms with van der Waals surface area (Å²) < 4.78 is 0. The van der Waals surface area contributed by atoms with Crippen LogP contribution in [0.1, 0.15) is 13.8 Å². The third-order valence-electron chi connectivity index (χ3n) is 2.87. The maximum absolute atomic E-state index is 11.1. The van der Waals surface area contributed by atoms with E-state index in [1.165, 1.54) is 5.19 Å². The second-order valence-corrected chi connectivity index (χ2v) is 9.67. The van der Waals surface area contributed by atoms with Crippen LogP contribution < -0.4 is 5.19 Å². The zero-order valence-electron chi connectivity index (χ0n) is 10.9. The molecule has 1 N–H and O–H groups in total. The molecule has 0 spiro atoms. The zero-order chi connectivity index (χ0) is 13.1. The minimum Gasteiger partial charge on any atom is -0.386 e. The van der Waals surface area contributed by atoms with E-state index in [1.807, 2.05) is 23.9 Å². The molecule has 0 radical (unpaired) electrons. The van der Waals surface area contributed by atoms with E-state index in [-0.39, 0.29) is 0 Å². The Labute approximate surface area is 104 Å². The SMILES string of the molecule is CC(C)(O)/C(C=O)=C/[Si](C)(C)c1ccccc1. The maximum Gasteiger partial charge on any atom is 0.148 e. The van der Waals surface area contributed by atoms with E-state index in [4.69, 9.17) is 0 Å². The van der Waals surface area contributed by atoms with Gasteiger partial charge in [-0.2, -0.15) is 0 Å². The van der Waals surface area contributed by atoms with Crippen molar-refractivity contribution >= 4 is 19.5 Å². The lowest BCUT2D eigenvalue weighted by Gasteiger charge is -2.24. The topological polar surface area (TPSA) is 37.3 Å². The zero-order valence-corrected chi connectivity index (χ0v) is 11.9. The number of aldehydes is 1. The molecule has 1 aromatic carbocycles. The Bertz CT molecular complexity index is 414. The van der Waals surface area contributed by atoms with Gasteiger partial charge in [-0.1, -0.05) is 54.3 Å². The first-order chi connectivity index (χ1) is 7.77. The van der Waals surface area contributed by atoms with Crippen LogP contribution in [0.5, 0.6) is 0 Å². The number of benzene rings is 1. The van der Waals surface area contributed by atoms with Crippen LogP contribution in [0.2, 0.25) is 13.1 Å². The number of carbonyl (C=O) groups excluding carboxylic acids is 1. The number of hydrogen-bond acceptors (Lipinski definition) is 2. The van der Waals surface area contributed by atoms with Gasteiger partial charge in [-0.05, 0) is 13.8 Å². The summed E-state index contributed by atoms with van der Waals surface area (Å²) in [4.78, 5) is 11.1. The molecule has 0 fully saturated rings. The average molecular weight is 248 g/mol. The highest BCUT2D eigenvalue weighted by atomic mass is 28.3. The van der Waals surface area contributed by atoms with E-state index < -0.39 is 13.7 Å². The largest absolute Gasteiger partial charge is 0.386 e. The summed E-state index contributed by atoms with van der Waals surface area (Å²) in [6, 6.07) is 10.1. The summed E-state index contributed by atoms with van der Waals surface area (Å²) in [5.74, 6) is 0. The average Bonchev–Trinajstić information content (AvgIpc) is 2.25. The molecular formula is C14H20O2Si. The first kappa shape index (κ1) is 13.9. The van der Waals surface area contributed by atoms with E-state index in [0.29, 0.717) is 5.57 Å². The molecule has 0 aliphatic heterocycles. The van der Waals surface area contributed by atoms with Crippen LogP contribution in [0.4, 0.5) is 0 Å². The smallest absolute Gasteiger partial charge is 0.148 e. The molecule has 1 rings (SSSR count). The number of hydrogen-bond donors (Lipinski definition) is 1. The lowest BCUT2D eigenvalue weighted by molar-refractivity contribution is -0.106. The lowest BCUT2D eigenvalue weighted by atomic mass is 10.0. The second kappa shape index (κ2) is 4.98. The monoisotopic (exact) mass is 248 g/mol. The molecule has 0 saturated heterocycles. The van der Waals surface area contributed by atoms with Crippen LogP contribution in [0, 0.1) is 0 Å². The molecule has 1 aromatic rings. The predicted molar refractivity (Wildman–Crippen MR) is 74.0 cm³/mol. The van der Waals surface area contributed by atoms with Crippen LogP contribution >= 0.6 is 0 Å². The Morgan fingerprint density at radius 3 is 2.18 bits per heavy atom. The summed E-state index contributed by atoms with van der Waals surface area (Å²) >= 11 is 0. The predicted octanol–water partition coefficient (Wildman–Crippen LogP) is 2.04. The van der Waals surface area contributed by atoms with Crippen molar-refractivity contribution in [1.82, 2.24) is 0 Å². The molecule has 3 heteroatoms. The van der Waals surface area contributed by atoms with Gasteiger partial charge >= 0.3 is 0 Å². The first-order valence-electron chi connectivity index (χ1n) is 5.74. The van der Waals surface area contributed by atoms with E-state index in [1.54, 1.807) is 13.8 Å². The van der Waals surface area contributed by atoms with Gasteiger partial charge in [-0.25, -0.2) is 0 Å². The highest BCUT2D eigenvalue weighted by Gasteiger charge is 2.26. The molecule has 0 aliphatic carbocycles. The Morgan fingerprint density at radius 1 is 1.24 bits per heavy atom. The Hall–Kier alpha value is -1.19. The van der Waals surface area contributed by atoms with Crippen LogP contribution in [0.3, 0.4) is 0 Å². The summed E-state index contributed by atoms with van der Waals surface area (Å²) in [7, 11) is -1.83. The minimum atomic E-state index is -1.83. The molecule has 0 aromatic heterocycles. The van der Waals surface area contributed by atoms with Crippen LogP contribution in [-0.4, -0.2) is 25.1 Å². The van der Waals surface area contributed by atoms with Gasteiger partial charge in [0.15, 0.2) is 0 Å². The summed E-state index contributed by atoms with van der Waals surface area (Å²) in [5.41, 5.74) is 1.37. The van der Waals surface area contributed by atoms with Gasteiger partial charge in [0.05, 0.1) is 5.60 Å². The van der Waals surface area contributed by atoms with Crippen molar-refractivity contribution in [2.75, 3.05) is 0 Å². The van der Waals surface area contributed by atoms with Crippen molar-refractivity contribution < 1.29 is 9.90 Å². The minimum absolute atomic E-state index is 0.470. The number of rotatable bonds is 4. The summed E-state index contributed by atoms with van der Waals surface area (Å²) in [6.45, 7) is 7.61. The molecule has 0 atom stereocenters. The van der Waals surface area contributed by atoms with Gasteiger partial charge in [0.1, 0.15) is 14.4 Å². The van der Waals surface area contributed by atoms with E-state index in [2.05, 4.69) is 25.2 Å². The lowest BCUT2D eigenvalue weighted by Crippen LogP contribution is -2.41. The van der Waals surface area contributed by atoms with E-state index in [9.17, 15) is 9.90 Å². The van der Waals surface area contributed by atoms with Crippen LogP contribution in [0.25, 0.3) is 0 Å². The van der Waals surface area contributed by atoms with Crippen molar-refractivity contribution in [1.29, 1.82) is 0 Å². The van der Waals surface area contributed by atoms with Gasteiger partial charge in [-0.15, -0.1) is 0 Å². The second-order valence-electron chi connectivity index (χ2n) is 5.36. The molecule has 92 valence electrons. The fourth-order valence-electron chi connectivity index (χ4n) is 1.69. The quantitative estimate of drug-likeness (QED) is 0.503. The van der Waals surface area contributed by atoms with Crippen molar-refractivity contribution in [3.63, 3.8) is 0 Å². The first-order valence-corrected chi connectivity index (χ1v) is 8.81. The fourth-order valence-corrected chi connectivity index (χ4v) is 4.11. The van der Waals surface area contributed by atoms with E-state index >= 15 is 0 Å². The Kier molecular flexibility index (Phi) is 4.06. The molecule has 17 heavy (non-hydrogen) atoms. The van der Waals surface area contributed by atoms with Crippen LogP contribution in [0.15, 0.2) is 41.6 Å². The molecule has 2 nitrogen and oxygen atoms in total. The highest BCUT2D eigenvalue weighted by Crippen LogP contribution is 2.17. The summed E-state index contributed by atoms with van der Waals surface area (Å²) in [5, 5.41) is 11.2.